The Morgan fingerprint density at radius 3 is 2.65 bits per heavy atom. The summed E-state index contributed by atoms with van der Waals surface area (Å²) in [5, 5.41) is 9.86. The summed E-state index contributed by atoms with van der Waals surface area (Å²) in [6.07, 6.45) is -0.667. The molecule has 104 valence electrons. The molecule has 0 aliphatic rings. The van der Waals surface area contributed by atoms with Crippen molar-refractivity contribution >= 4 is 17.6 Å². The van der Waals surface area contributed by atoms with Crippen molar-refractivity contribution in [2.24, 2.45) is 0 Å². The highest BCUT2D eigenvalue weighted by Gasteiger charge is 2.20. The molecule has 0 heterocycles. The van der Waals surface area contributed by atoms with Crippen molar-refractivity contribution in [3.63, 3.8) is 0 Å². The average molecular weight is 291 g/mol. The third-order valence-electron chi connectivity index (χ3n) is 2.85. The van der Waals surface area contributed by atoms with Crippen LogP contribution in [0, 0.1) is 6.92 Å². The Hall–Kier alpha value is -2.00. The zero-order valence-corrected chi connectivity index (χ0v) is 11.8. The minimum atomic E-state index is -0.994. The molecule has 0 fully saturated rings. The van der Waals surface area contributed by atoms with Crippen LogP contribution in [0.1, 0.15) is 11.1 Å². The first-order valence-corrected chi connectivity index (χ1v) is 6.63. The Bertz CT molecular complexity index is 563. The summed E-state index contributed by atoms with van der Waals surface area (Å²) in [4.78, 5) is 11.3. The zero-order chi connectivity index (χ0) is 14.5. The molecule has 0 radical (unpaired) electrons. The summed E-state index contributed by atoms with van der Waals surface area (Å²) in [6, 6.07) is 14.5. The van der Waals surface area contributed by atoms with Crippen LogP contribution in [0.25, 0.3) is 0 Å². The number of hydrogen-bond acceptors (Lipinski definition) is 2. The molecular formula is C16H15ClO3. The Labute approximate surface area is 122 Å². The van der Waals surface area contributed by atoms with Crippen molar-refractivity contribution in [2.45, 2.75) is 19.4 Å². The minimum absolute atomic E-state index is 0.268. The number of carboxylic acids is 1. The number of benzene rings is 2. The first-order chi connectivity index (χ1) is 9.54. The standard InChI is InChI=1S/C16H15ClO3/c1-11-4-2-7-14(8-11)20-15(16(18)19)10-12-5-3-6-13(17)9-12/h2-9,15H,10H2,1H3,(H,18,19). The quantitative estimate of drug-likeness (QED) is 0.913. The van der Waals surface area contributed by atoms with Crippen LogP contribution in [-0.4, -0.2) is 17.2 Å². The predicted molar refractivity (Wildman–Crippen MR) is 78.4 cm³/mol. The second-order valence-electron chi connectivity index (χ2n) is 4.60. The number of hydrogen-bond donors (Lipinski definition) is 1. The van der Waals surface area contributed by atoms with Gasteiger partial charge in [-0.2, -0.15) is 0 Å². The van der Waals surface area contributed by atoms with Gasteiger partial charge in [-0.05, 0) is 42.3 Å². The fourth-order valence-corrected chi connectivity index (χ4v) is 2.12. The van der Waals surface area contributed by atoms with E-state index in [2.05, 4.69) is 0 Å². The third kappa shape index (κ3) is 4.00. The lowest BCUT2D eigenvalue weighted by Gasteiger charge is -2.15. The van der Waals surface area contributed by atoms with Gasteiger partial charge in [-0.25, -0.2) is 4.79 Å². The summed E-state index contributed by atoms with van der Waals surface area (Å²) in [7, 11) is 0. The highest BCUT2D eigenvalue weighted by atomic mass is 35.5. The Morgan fingerprint density at radius 1 is 1.25 bits per heavy atom. The number of carbonyl (C=O) groups is 1. The van der Waals surface area contributed by atoms with E-state index in [1.165, 1.54) is 0 Å². The highest BCUT2D eigenvalue weighted by molar-refractivity contribution is 6.30. The number of ether oxygens (including phenoxy) is 1. The van der Waals surface area contributed by atoms with Crippen LogP contribution in [0.15, 0.2) is 48.5 Å². The Balaban J connectivity index is 2.13. The maximum atomic E-state index is 11.3. The van der Waals surface area contributed by atoms with Crippen molar-refractivity contribution in [1.29, 1.82) is 0 Å². The van der Waals surface area contributed by atoms with Crippen molar-refractivity contribution in [1.82, 2.24) is 0 Å². The van der Waals surface area contributed by atoms with E-state index in [1.54, 1.807) is 24.3 Å². The maximum Gasteiger partial charge on any atom is 0.345 e. The van der Waals surface area contributed by atoms with Gasteiger partial charge in [0.25, 0.3) is 0 Å². The van der Waals surface area contributed by atoms with Gasteiger partial charge in [-0.3, -0.25) is 0 Å². The van der Waals surface area contributed by atoms with Crippen LogP contribution >= 0.6 is 11.6 Å². The van der Waals surface area contributed by atoms with Gasteiger partial charge >= 0.3 is 5.97 Å². The summed E-state index contributed by atoms with van der Waals surface area (Å²) >= 11 is 5.90. The molecule has 2 rings (SSSR count). The number of rotatable bonds is 5. The number of aliphatic carboxylic acids is 1. The molecule has 0 amide bonds. The molecule has 2 aromatic carbocycles. The Kier molecular flexibility index (Phi) is 4.64. The van der Waals surface area contributed by atoms with E-state index in [9.17, 15) is 9.90 Å². The van der Waals surface area contributed by atoms with Gasteiger partial charge in [0.05, 0.1) is 0 Å². The van der Waals surface area contributed by atoms with Crippen LogP contribution in [0.5, 0.6) is 5.75 Å². The first kappa shape index (κ1) is 14.4. The molecule has 20 heavy (non-hydrogen) atoms. The van der Waals surface area contributed by atoms with Crippen LogP contribution in [0.4, 0.5) is 0 Å². The molecule has 1 N–H and O–H groups in total. The lowest BCUT2D eigenvalue weighted by Crippen LogP contribution is -2.29. The molecule has 1 atom stereocenters. The van der Waals surface area contributed by atoms with Gasteiger partial charge in [0.2, 0.25) is 0 Å². The molecule has 0 aliphatic heterocycles. The summed E-state index contributed by atoms with van der Waals surface area (Å²) < 4.78 is 5.56. The van der Waals surface area contributed by atoms with E-state index in [0.717, 1.165) is 11.1 Å². The summed E-state index contributed by atoms with van der Waals surface area (Å²) in [5.41, 5.74) is 1.85. The summed E-state index contributed by atoms with van der Waals surface area (Å²) in [5.74, 6) is -0.439. The second kappa shape index (κ2) is 6.44. The largest absolute Gasteiger partial charge is 0.478 e. The zero-order valence-electron chi connectivity index (χ0n) is 11.0. The third-order valence-corrected chi connectivity index (χ3v) is 3.09. The normalized spacial score (nSPS) is 11.9. The van der Waals surface area contributed by atoms with Gasteiger partial charge in [0, 0.05) is 11.4 Å². The molecule has 0 saturated carbocycles. The van der Waals surface area contributed by atoms with Crippen LogP contribution in [0.3, 0.4) is 0 Å². The molecule has 0 saturated heterocycles. The molecule has 0 bridgehead atoms. The van der Waals surface area contributed by atoms with Crippen molar-refractivity contribution in [2.75, 3.05) is 0 Å². The lowest BCUT2D eigenvalue weighted by atomic mass is 10.1. The van der Waals surface area contributed by atoms with Crippen molar-refractivity contribution in [3.05, 3.63) is 64.7 Å². The van der Waals surface area contributed by atoms with Crippen molar-refractivity contribution in [3.8, 4) is 5.75 Å². The first-order valence-electron chi connectivity index (χ1n) is 6.25. The maximum absolute atomic E-state index is 11.3. The fourth-order valence-electron chi connectivity index (χ4n) is 1.91. The van der Waals surface area contributed by atoms with Crippen LogP contribution < -0.4 is 4.74 Å². The van der Waals surface area contributed by atoms with E-state index in [0.29, 0.717) is 10.8 Å². The van der Waals surface area contributed by atoms with E-state index < -0.39 is 12.1 Å². The van der Waals surface area contributed by atoms with E-state index in [-0.39, 0.29) is 6.42 Å². The number of carboxylic acid groups (broad SMARTS) is 1. The van der Waals surface area contributed by atoms with Gasteiger partial charge in [-0.1, -0.05) is 35.9 Å². The topological polar surface area (TPSA) is 46.5 Å². The van der Waals surface area contributed by atoms with Crippen LogP contribution in [0.2, 0.25) is 5.02 Å². The Morgan fingerprint density at radius 2 is 2.00 bits per heavy atom. The minimum Gasteiger partial charge on any atom is -0.478 e. The molecule has 0 aliphatic carbocycles. The van der Waals surface area contributed by atoms with E-state index >= 15 is 0 Å². The van der Waals surface area contributed by atoms with Crippen molar-refractivity contribution < 1.29 is 14.6 Å². The number of aryl methyl sites for hydroxylation is 1. The van der Waals surface area contributed by atoms with Gasteiger partial charge in [0.1, 0.15) is 5.75 Å². The van der Waals surface area contributed by atoms with E-state index in [4.69, 9.17) is 16.3 Å². The molecule has 1 unspecified atom stereocenters. The van der Waals surface area contributed by atoms with Gasteiger partial charge in [0.15, 0.2) is 6.10 Å². The fraction of sp³-hybridized carbons (Fsp3) is 0.188. The van der Waals surface area contributed by atoms with E-state index in [1.807, 2.05) is 31.2 Å². The molecule has 3 nitrogen and oxygen atoms in total. The smallest absolute Gasteiger partial charge is 0.345 e. The molecule has 2 aromatic rings. The molecule has 4 heteroatoms. The highest BCUT2D eigenvalue weighted by Crippen LogP contribution is 2.18. The molecule has 0 spiro atoms. The SMILES string of the molecule is Cc1cccc(OC(Cc2cccc(Cl)c2)C(=O)O)c1. The summed E-state index contributed by atoms with van der Waals surface area (Å²) in [6.45, 7) is 1.93. The number of halogens is 1. The molecular weight excluding hydrogens is 276 g/mol. The average Bonchev–Trinajstić information content (AvgIpc) is 2.38. The molecule has 0 aromatic heterocycles. The predicted octanol–water partition coefficient (Wildman–Crippen LogP) is 3.72. The monoisotopic (exact) mass is 290 g/mol. The van der Waals surface area contributed by atoms with Gasteiger partial charge < -0.3 is 9.84 Å². The van der Waals surface area contributed by atoms with Gasteiger partial charge in [-0.15, -0.1) is 0 Å². The van der Waals surface area contributed by atoms with Crippen LogP contribution in [-0.2, 0) is 11.2 Å². The second-order valence-corrected chi connectivity index (χ2v) is 5.03. The lowest BCUT2D eigenvalue weighted by molar-refractivity contribution is -0.145.